The van der Waals surface area contributed by atoms with Gasteiger partial charge >= 0.3 is 0 Å². The second-order valence-corrected chi connectivity index (χ2v) is 6.18. The van der Waals surface area contributed by atoms with Crippen molar-refractivity contribution in [3.8, 4) is 22.6 Å². The summed E-state index contributed by atoms with van der Waals surface area (Å²) in [5.41, 5.74) is 3.52. The van der Waals surface area contributed by atoms with Crippen molar-refractivity contribution < 1.29 is 9.47 Å². The normalized spacial score (nSPS) is 11.0. The van der Waals surface area contributed by atoms with E-state index in [-0.39, 0.29) is 0 Å². The maximum atomic E-state index is 5.70. The molecular formula is C23H20O2. The average Bonchev–Trinajstić information content (AvgIpc) is 2.66. The highest BCUT2D eigenvalue weighted by atomic mass is 16.5. The van der Waals surface area contributed by atoms with Gasteiger partial charge in [0.25, 0.3) is 0 Å². The summed E-state index contributed by atoms with van der Waals surface area (Å²) >= 11 is 0. The summed E-state index contributed by atoms with van der Waals surface area (Å²) in [6.45, 7) is 2.08. The first-order valence-corrected chi connectivity index (χ1v) is 8.37. The predicted octanol–water partition coefficient (Wildman–Crippen LogP) is 5.99. The Morgan fingerprint density at radius 2 is 1.40 bits per heavy atom. The molecule has 124 valence electrons. The Balaban J connectivity index is 2.16. The molecule has 4 aromatic rings. The minimum atomic E-state index is 0.833. The van der Waals surface area contributed by atoms with Crippen LogP contribution in [0.1, 0.15) is 5.56 Å². The molecule has 0 radical (unpaired) electrons. The quantitative estimate of drug-likeness (QED) is 0.460. The standard InChI is InChI=1S/C23H20O2/c1-15-14-20(18-11-6-9-16-8-4-5-10-17(16)18)19-12-7-13-21(24-2)22(19)23(15)25-3/h4-14H,1-3H3. The van der Waals surface area contributed by atoms with E-state index in [9.17, 15) is 0 Å². The van der Waals surface area contributed by atoms with Crippen LogP contribution in [0.2, 0.25) is 0 Å². The highest BCUT2D eigenvalue weighted by molar-refractivity contribution is 6.09. The fourth-order valence-electron chi connectivity index (χ4n) is 3.66. The lowest BCUT2D eigenvalue weighted by molar-refractivity contribution is 0.403. The van der Waals surface area contributed by atoms with Gasteiger partial charge in [0.1, 0.15) is 11.5 Å². The number of methoxy groups -OCH3 is 2. The van der Waals surface area contributed by atoms with E-state index >= 15 is 0 Å². The third kappa shape index (κ3) is 2.42. The Kier molecular flexibility index (Phi) is 3.81. The second-order valence-electron chi connectivity index (χ2n) is 6.18. The molecule has 0 aliphatic heterocycles. The van der Waals surface area contributed by atoms with Crippen LogP contribution in [0.3, 0.4) is 0 Å². The molecule has 0 unspecified atom stereocenters. The van der Waals surface area contributed by atoms with Crippen LogP contribution in [0, 0.1) is 6.92 Å². The van der Waals surface area contributed by atoms with Crippen molar-refractivity contribution in [1.29, 1.82) is 0 Å². The van der Waals surface area contributed by atoms with Gasteiger partial charge in [0.2, 0.25) is 0 Å². The molecule has 0 N–H and O–H groups in total. The molecule has 0 aliphatic rings. The van der Waals surface area contributed by atoms with Crippen LogP contribution >= 0.6 is 0 Å². The summed E-state index contributed by atoms with van der Waals surface area (Å²) in [6.07, 6.45) is 0. The van der Waals surface area contributed by atoms with Crippen LogP contribution in [-0.4, -0.2) is 14.2 Å². The Labute approximate surface area is 147 Å². The molecule has 0 bridgehead atoms. The molecule has 2 nitrogen and oxygen atoms in total. The predicted molar refractivity (Wildman–Crippen MR) is 105 cm³/mol. The van der Waals surface area contributed by atoms with Gasteiger partial charge in [0.15, 0.2) is 0 Å². The van der Waals surface area contributed by atoms with Gasteiger partial charge in [-0.25, -0.2) is 0 Å². The molecule has 0 amide bonds. The van der Waals surface area contributed by atoms with Crippen molar-refractivity contribution in [2.24, 2.45) is 0 Å². The summed E-state index contributed by atoms with van der Waals surface area (Å²) in [5.74, 6) is 1.70. The lowest BCUT2D eigenvalue weighted by Gasteiger charge is -2.17. The number of fused-ring (bicyclic) bond motifs is 2. The van der Waals surface area contributed by atoms with E-state index in [1.54, 1.807) is 14.2 Å². The SMILES string of the molecule is COc1cccc2c(-c3cccc4ccccc34)cc(C)c(OC)c12. The lowest BCUT2D eigenvalue weighted by Crippen LogP contribution is -1.95. The van der Waals surface area contributed by atoms with E-state index in [0.29, 0.717) is 0 Å². The van der Waals surface area contributed by atoms with Gasteiger partial charge in [0, 0.05) is 0 Å². The number of rotatable bonds is 3. The van der Waals surface area contributed by atoms with E-state index in [1.807, 2.05) is 12.1 Å². The summed E-state index contributed by atoms with van der Waals surface area (Å²) in [4.78, 5) is 0. The van der Waals surface area contributed by atoms with E-state index in [4.69, 9.17) is 9.47 Å². The number of hydrogen-bond acceptors (Lipinski definition) is 2. The zero-order chi connectivity index (χ0) is 17.4. The minimum absolute atomic E-state index is 0.833. The molecule has 0 aliphatic carbocycles. The smallest absolute Gasteiger partial charge is 0.133 e. The average molecular weight is 328 g/mol. The zero-order valence-corrected chi connectivity index (χ0v) is 14.7. The number of hydrogen-bond donors (Lipinski definition) is 0. The second kappa shape index (κ2) is 6.14. The topological polar surface area (TPSA) is 18.5 Å². The van der Waals surface area contributed by atoms with Gasteiger partial charge < -0.3 is 9.47 Å². The van der Waals surface area contributed by atoms with E-state index in [1.165, 1.54) is 21.9 Å². The maximum Gasteiger partial charge on any atom is 0.133 e. The van der Waals surface area contributed by atoms with Gasteiger partial charge in [0.05, 0.1) is 19.6 Å². The van der Waals surface area contributed by atoms with E-state index in [2.05, 4.69) is 61.5 Å². The Hall–Kier alpha value is -3.00. The molecule has 0 fully saturated rings. The minimum Gasteiger partial charge on any atom is -0.496 e. The highest BCUT2D eigenvalue weighted by Crippen LogP contribution is 2.43. The summed E-state index contributed by atoms with van der Waals surface area (Å²) < 4.78 is 11.3. The maximum absolute atomic E-state index is 5.70. The number of benzene rings is 4. The third-order valence-electron chi connectivity index (χ3n) is 4.77. The molecule has 0 aromatic heterocycles. The first kappa shape index (κ1) is 15.5. The van der Waals surface area contributed by atoms with Crippen molar-refractivity contribution in [1.82, 2.24) is 0 Å². The highest BCUT2D eigenvalue weighted by Gasteiger charge is 2.16. The van der Waals surface area contributed by atoms with Crippen molar-refractivity contribution in [3.63, 3.8) is 0 Å². The molecule has 0 atom stereocenters. The molecule has 4 aromatic carbocycles. The summed E-state index contributed by atoms with van der Waals surface area (Å²) in [7, 11) is 3.42. The first-order valence-electron chi connectivity index (χ1n) is 8.37. The van der Waals surface area contributed by atoms with Crippen LogP contribution in [0.4, 0.5) is 0 Å². The molecule has 0 saturated carbocycles. The van der Waals surface area contributed by atoms with Crippen molar-refractivity contribution in [2.75, 3.05) is 14.2 Å². The van der Waals surface area contributed by atoms with Gasteiger partial charge in [-0.15, -0.1) is 0 Å². The summed E-state index contributed by atoms with van der Waals surface area (Å²) in [6, 6.07) is 23.3. The lowest BCUT2D eigenvalue weighted by atomic mass is 9.91. The molecule has 2 heteroatoms. The molecule has 0 saturated heterocycles. The molecule has 0 heterocycles. The number of aryl methyl sites for hydroxylation is 1. The summed E-state index contributed by atoms with van der Waals surface area (Å²) in [5, 5.41) is 4.65. The van der Waals surface area contributed by atoms with Gasteiger partial charge in [-0.3, -0.25) is 0 Å². The van der Waals surface area contributed by atoms with Crippen molar-refractivity contribution in [2.45, 2.75) is 6.92 Å². The third-order valence-corrected chi connectivity index (χ3v) is 4.77. The Morgan fingerprint density at radius 1 is 0.680 bits per heavy atom. The first-order chi connectivity index (χ1) is 12.2. The molecular weight excluding hydrogens is 308 g/mol. The fourth-order valence-corrected chi connectivity index (χ4v) is 3.66. The Morgan fingerprint density at radius 3 is 2.20 bits per heavy atom. The fraction of sp³-hybridized carbons (Fsp3) is 0.130. The van der Waals surface area contributed by atoms with Crippen LogP contribution in [-0.2, 0) is 0 Å². The van der Waals surface area contributed by atoms with Gasteiger partial charge in [-0.2, -0.15) is 0 Å². The zero-order valence-electron chi connectivity index (χ0n) is 14.7. The largest absolute Gasteiger partial charge is 0.496 e. The van der Waals surface area contributed by atoms with Crippen molar-refractivity contribution in [3.05, 3.63) is 72.3 Å². The van der Waals surface area contributed by atoms with Gasteiger partial charge in [-0.1, -0.05) is 54.6 Å². The van der Waals surface area contributed by atoms with Crippen LogP contribution in [0.15, 0.2) is 66.7 Å². The van der Waals surface area contributed by atoms with Crippen LogP contribution in [0.25, 0.3) is 32.7 Å². The molecule has 0 spiro atoms. The van der Waals surface area contributed by atoms with Crippen LogP contribution in [0.5, 0.6) is 11.5 Å². The van der Waals surface area contributed by atoms with Gasteiger partial charge in [-0.05, 0) is 51.9 Å². The van der Waals surface area contributed by atoms with E-state index < -0.39 is 0 Å². The van der Waals surface area contributed by atoms with E-state index in [0.717, 1.165) is 27.8 Å². The van der Waals surface area contributed by atoms with Crippen molar-refractivity contribution >= 4 is 21.5 Å². The Bertz CT molecular complexity index is 1070. The molecule has 25 heavy (non-hydrogen) atoms. The number of ether oxygens (including phenoxy) is 2. The monoisotopic (exact) mass is 328 g/mol. The van der Waals surface area contributed by atoms with Crippen LogP contribution < -0.4 is 9.47 Å². The molecule has 4 rings (SSSR count).